The Morgan fingerprint density at radius 3 is 2.26 bits per heavy atom. The van der Waals surface area contributed by atoms with Crippen molar-refractivity contribution in [3.8, 4) is 39.8 Å². The van der Waals surface area contributed by atoms with E-state index in [0.29, 0.717) is 64.4 Å². The number of benzene rings is 4. The zero-order valence-electron chi connectivity index (χ0n) is 34.9. The van der Waals surface area contributed by atoms with Gasteiger partial charge in [-0.2, -0.15) is 5.26 Å². The lowest BCUT2D eigenvalue weighted by Crippen LogP contribution is -2.46. The first kappa shape index (κ1) is 46.2. The normalized spacial score (nSPS) is 17.6. The number of nitrogens with one attached hydrogen (secondary N) is 1. The lowest BCUT2D eigenvalue weighted by molar-refractivity contribution is -0.142. The van der Waals surface area contributed by atoms with E-state index in [4.69, 9.17) is 27.8 Å². The predicted octanol–water partition coefficient (Wildman–Crippen LogP) is 6.99. The molecule has 6 N–H and O–H groups in total. The number of nitrogens with two attached hydrogens (primary N) is 2. The van der Waals surface area contributed by atoms with Crippen molar-refractivity contribution in [3.05, 3.63) is 107 Å². The second kappa shape index (κ2) is 21.6. The molecule has 0 unspecified atom stereocenters. The van der Waals surface area contributed by atoms with Crippen molar-refractivity contribution in [2.75, 3.05) is 26.7 Å². The summed E-state index contributed by atoms with van der Waals surface area (Å²) in [4.78, 5) is 71.8. The second-order valence-corrected chi connectivity index (χ2v) is 16.3. The zero-order valence-corrected chi connectivity index (χ0v) is 35.6. The smallest absolute Gasteiger partial charge is 0.226 e. The van der Waals surface area contributed by atoms with Crippen LogP contribution in [0.25, 0.3) is 22.3 Å². The number of carbonyl (C=O) groups excluding carboxylic acids is 5. The van der Waals surface area contributed by atoms with E-state index in [-0.39, 0.29) is 56.2 Å². The van der Waals surface area contributed by atoms with Crippen molar-refractivity contribution in [2.45, 2.75) is 70.9 Å². The van der Waals surface area contributed by atoms with Gasteiger partial charge in [0.15, 0.2) is 17.3 Å². The number of unbranched alkanes of at least 4 members (excludes halogenated alkanes) is 1. The van der Waals surface area contributed by atoms with Gasteiger partial charge in [0, 0.05) is 66.4 Å². The Hall–Kier alpha value is -5.87. The summed E-state index contributed by atoms with van der Waals surface area (Å²) in [6.07, 6.45) is 1.08. The van der Waals surface area contributed by atoms with E-state index in [9.17, 15) is 34.3 Å². The third-order valence-corrected chi connectivity index (χ3v) is 11.3. The highest BCUT2D eigenvalue weighted by molar-refractivity contribution is 6.30. The first-order valence-corrected chi connectivity index (χ1v) is 21.0. The molecule has 0 radical (unpaired) electrons. The summed E-state index contributed by atoms with van der Waals surface area (Å²) in [5, 5.41) is 24.1. The van der Waals surface area contributed by atoms with Crippen LogP contribution in [-0.2, 0) is 25.6 Å². The van der Waals surface area contributed by atoms with Crippen molar-refractivity contribution in [1.29, 1.82) is 5.26 Å². The number of hydrogen-bond acceptors (Lipinski definition) is 10. The Morgan fingerprint density at radius 1 is 0.918 bits per heavy atom. The molecule has 1 aliphatic heterocycles. The fourth-order valence-electron chi connectivity index (χ4n) is 7.66. The molecule has 5 atom stereocenters. The Bertz CT molecular complexity index is 2260. The molecule has 4 aromatic rings. The summed E-state index contributed by atoms with van der Waals surface area (Å²) in [6.45, 7) is 3.95. The summed E-state index contributed by atoms with van der Waals surface area (Å²) in [7, 11) is 1.52. The summed E-state index contributed by atoms with van der Waals surface area (Å²) in [5.74, 6) is -4.10. The highest BCUT2D eigenvalue weighted by Crippen LogP contribution is 2.40. The Kier molecular flexibility index (Phi) is 16.4. The number of Topliss-reactive ketones (excluding diaryl/α,β-unsaturated/α-hetero) is 3. The molecule has 0 aromatic heterocycles. The molecule has 12 nitrogen and oxygen atoms in total. The van der Waals surface area contributed by atoms with E-state index in [1.165, 1.54) is 18.0 Å². The average molecular weight is 848 g/mol. The minimum Gasteiger partial charge on any atom is -0.507 e. The molecule has 1 aliphatic rings. The van der Waals surface area contributed by atoms with Crippen LogP contribution in [0.3, 0.4) is 0 Å². The fourth-order valence-corrected chi connectivity index (χ4v) is 7.79. The molecule has 1 heterocycles. The third-order valence-electron chi connectivity index (χ3n) is 11.1. The number of hydrogen-bond donors (Lipinski definition) is 4. The van der Waals surface area contributed by atoms with Gasteiger partial charge in [-0.3, -0.25) is 24.0 Å². The molecule has 0 fully saturated rings. The number of halogens is 1. The van der Waals surface area contributed by atoms with Gasteiger partial charge in [-0.15, -0.1) is 0 Å². The van der Waals surface area contributed by atoms with Gasteiger partial charge in [-0.25, -0.2) is 0 Å². The first-order chi connectivity index (χ1) is 29.2. The van der Waals surface area contributed by atoms with Gasteiger partial charge in [0.2, 0.25) is 11.8 Å². The number of ether oxygens (including phenoxy) is 1. The van der Waals surface area contributed by atoms with Crippen LogP contribution in [0.4, 0.5) is 0 Å². The monoisotopic (exact) mass is 847 g/mol. The molecule has 0 saturated carbocycles. The largest absolute Gasteiger partial charge is 0.507 e. The number of carbonyl (C=O) groups is 5. The first-order valence-electron chi connectivity index (χ1n) is 20.6. The van der Waals surface area contributed by atoms with E-state index in [1.807, 2.05) is 24.3 Å². The van der Waals surface area contributed by atoms with Crippen molar-refractivity contribution < 1.29 is 33.8 Å². The van der Waals surface area contributed by atoms with E-state index in [1.54, 1.807) is 68.4 Å². The van der Waals surface area contributed by atoms with E-state index in [0.717, 1.165) is 11.1 Å². The van der Waals surface area contributed by atoms with Crippen molar-refractivity contribution in [1.82, 2.24) is 10.2 Å². The van der Waals surface area contributed by atoms with E-state index in [2.05, 4.69) is 11.4 Å². The zero-order chi connectivity index (χ0) is 44.2. The van der Waals surface area contributed by atoms with Crippen LogP contribution >= 0.6 is 11.6 Å². The number of aromatic hydroxyl groups is 1. The van der Waals surface area contributed by atoms with Crippen LogP contribution < -0.4 is 21.5 Å². The van der Waals surface area contributed by atoms with Gasteiger partial charge in [0.05, 0.1) is 18.0 Å². The molecule has 4 bridgehead atoms. The van der Waals surface area contributed by atoms with Crippen molar-refractivity contribution in [3.63, 3.8) is 0 Å². The Morgan fingerprint density at radius 2 is 1.61 bits per heavy atom. The van der Waals surface area contributed by atoms with Crippen LogP contribution in [0.15, 0.2) is 84.9 Å². The summed E-state index contributed by atoms with van der Waals surface area (Å²) < 4.78 is 6.02. The van der Waals surface area contributed by atoms with Gasteiger partial charge in [-0.1, -0.05) is 73.5 Å². The molecular formula is C48H54ClN5O7. The predicted molar refractivity (Wildman–Crippen MR) is 235 cm³/mol. The number of ketones is 3. The maximum Gasteiger partial charge on any atom is 0.226 e. The highest BCUT2D eigenvalue weighted by atomic mass is 35.5. The molecule has 4 aromatic carbocycles. The number of phenolic OH excluding ortho intramolecular Hbond substituents is 1. The average Bonchev–Trinajstić information content (AvgIpc) is 3.25. The van der Waals surface area contributed by atoms with Gasteiger partial charge in [0.1, 0.15) is 24.1 Å². The molecule has 0 saturated heterocycles. The lowest BCUT2D eigenvalue weighted by Gasteiger charge is -2.32. The SMILES string of the molecule is C[C@@H]1CC(=O)[C@@H](N(C)C(=O)[C@H](CCCCN)CC(=O)c2ccc(-c3ccc(Cl)cc3)cc2)c2ccc(OCCN)c(c2)-c2cc(ccc2O)C[C@@H](C(=O)C[C@@H](C)C#N)NC1=O. The third kappa shape index (κ3) is 11.9. The van der Waals surface area contributed by atoms with E-state index < -0.39 is 47.4 Å². The van der Waals surface area contributed by atoms with Crippen LogP contribution in [-0.4, -0.2) is 72.0 Å². The molecule has 0 aliphatic carbocycles. The van der Waals surface area contributed by atoms with Crippen LogP contribution in [0.5, 0.6) is 11.5 Å². The second-order valence-electron chi connectivity index (χ2n) is 15.8. The Labute approximate surface area is 362 Å². The number of rotatable bonds is 16. The minimum absolute atomic E-state index is 0.0615. The molecule has 5 rings (SSSR count). The number of nitrogens with zero attached hydrogens (tertiary/aromatic N) is 2. The molecular weight excluding hydrogens is 794 g/mol. The van der Waals surface area contributed by atoms with Gasteiger partial charge < -0.3 is 31.5 Å². The van der Waals surface area contributed by atoms with Gasteiger partial charge in [0.25, 0.3) is 0 Å². The summed E-state index contributed by atoms with van der Waals surface area (Å²) in [6, 6.07) is 24.1. The number of amides is 2. The van der Waals surface area contributed by atoms with E-state index >= 15 is 0 Å². The maximum absolute atomic E-state index is 14.7. The number of fused-ring (bicyclic) bond motifs is 5. The maximum atomic E-state index is 14.7. The molecule has 0 spiro atoms. The number of nitriles is 1. The van der Waals surface area contributed by atoms with Crippen LogP contribution in [0, 0.1) is 29.1 Å². The summed E-state index contributed by atoms with van der Waals surface area (Å²) >= 11 is 6.07. The number of likely N-dealkylation sites (N-methyl/N-ethyl adjacent to an activating group) is 1. The lowest BCUT2D eigenvalue weighted by atomic mass is 9.87. The molecule has 2 amide bonds. The van der Waals surface area contributed by atoms with Crippen LogP contribution in [0.1, 0.15) is 79.9 Å². The van der Waals surface area contributed by atoms with Crippen molar-refractivity contribution >= 4 is 40.8 Å². The van der Waals surface area contributed by atoms with Gasteiger partial charge in [-0.05, 0) is 91.4 Å². The van der Waals surface area contributed by atoms with Crippen molar-refractivity contribution in [2.24, 2.45) is 29.2 Å². The molecule has 320 valence electrons. The standard InChI is InChI=1S/C48H54ClN5O7/c1-29(28-52)22-43(57)40-25-31-7-17-41(55)38(24-31)39-26-35(14-18-45(39)61-21-20-51)46(44(58)23-30(2)47(59)53-40)54(3)48(60)36(6-4-5-19-50)27-42(56)34-10-8-32(9-11-34)33-12-15-37(49)16-13-33/h7-18,24,26,29-30,36,40,46,55H,4-6,19-23,25,27,50-51H2,1-3H3,(H,53,59)/t29-,30-,36-,40+,46+/m1/s1. The molecule has 61 heavy (non-hydrogen) atoms. The minimum atomic E-state index is -1.22. The Balaban J connectivity index is 1.54. The quantitative estimate of drug-likeness (QED) is 0.0672. The summed E-state index contributed by atoms with van der Waals surface area (Å²) in [5.41, 5.74) is 15.6. The fraction of sp³-hybridized carbons (Fsp3) is 0.375. The molecule has 13 heteroatoms. The highest BCUT2D eigenvalue weighted by Gasteiger charge is 2.36. The van der Waals surface area contributed by atoms with Gasteiger partial charge >= 0.3 is 0 Å². The topological polar surface area (TPSA) is 206 Å². The van der Waals surface area contributed by atoms with Crippen LogP contribution in [0.2, 0.25) is 5.02 Å². The number of phenols is 1.